The first-order valence-corrected chi connectivity index (χ1v) is 11.9. The first-order chi connectivity index (χ1) is 16.5. The summed E-state index contributed by atoms with van der Waals surface area (Å²) in [5.41, 5.74) is 0.0576. The average Bonchev–Trinajstić information content (AvgIpc) is 2.82. The molecule has 0 fully saturated rings. The lowest BCUT2D eigenvalue weighted by molar-refractivity contribution is -0.137. The van der Waals surface area contributed by atoms with Gasteiger partial charge in [0, 0.05) is 30.7 Å². The molecule has 0 aliphatic rings. The summed E-state index contributed by atoms with van der Waals surface area (Å²) in [5, 5.41) is 7.85. The molecule has 3 aromatic rings. The molecular formula is C21H22F3N7O3S. The van der Waals surface area contributed by atoms with Crippen molar-refractivity contribution in [1.82, 2.24) is 20.3 Å². The van der Waals surface area contributed by atoms with Gasteiger partial charge in [0.05, 0.1) is 23.7 Å². The zero-order valence-electron chi connectivity index (χ0n) is 18.6. The number of alkyl halides is 3. The van der Waals surface area contributed by atoms with E-state index in [2.05, 4.69) is 35.6 Å². The van der Waals surface area contributed by atoms with Crippen LogP contribution in [-0.2, 0) is 22.7 Å². The highest BCUT2D eigenvalue weighted by molar-refractivity contribution is 7.92. The largest absolute Gasteiger partial charge is 0.421 e. The van der Waals surface area contributed by atoms with Crippen molar-refractivity contribution < 1.29 is 26.4 Å². The van der Waals surface area contributed by atoms with Gasteiger partial charge in [-0.2, -0.15) is 18.2 Å². The Balaban J connectivity index is 1.85. The molecule has 2 aromatic heterocycles. The summed E-state index contributed by atoms with van der Waals surface area (Å²) in [4.78, 5) is 23.4. The Labute approximate surface area is 199 Å². The van der Waals surface area contributed by atoms with Crippen LogP contribution < -0.4 is 20.7 Å². The lowest BCUT2D eigenvalue weighted by Crippen LogP contribution is -2.18. The van der Waals surface area contributed by atoms with Crippen LogP contribution in [0.5, 0.6) is 0 Å². The summed E-state index contributed by atoms with van der Waals surface area (Å²) in [6.07, 6.45) is -2.72. The van der Waals surface area contributed by atoms with E-state index in [0.29, 0.717) is 17.4 Å². The second kappa shape index (κ2) is 10.5. The van der Waals surface area contributed by atoms with Gasteiger partial charge in [-0.15, -0.1) is 0 Å². The first-order valence-electron chi connectivity index (χ1n) is 10.2. The normalized spacial score (nSPS) is 11.6. The molecule has 1 amide bonds. The van der Waals surface area contributed by atoms with E-state index < -0.39 is 27.6 Å². The highest BCUT2D eigenvalue weighted by Gasteiger charge is 2.35. The molecule has 0 atom stereocenters. The number of carbonyl (C=O) groups is 1. The van der Waals surface area contributed by atoms with Crippen molar-refractivity contribution in [2.45, 2.75) is 19.6 Å². The van der Waals surface area contributed by atoms with E-state index in [-0.39, 0.29) is 35.5 Å². The number of hydrogen-bond donors (Lipinski definition) is 4. The molecule has 0 bridgehead atoms. The first kappa shape index (κ1) is 25.7. The Kier molecular flexibility index (Phi) is 7.74. The Bertz CT molecular complexity index is 1300. The fourth-order valence-corrected chi connectivity index (χ4v) is 3.51. The van der Waals surface area contributed by atoms with Crippen LogP contribution in [0.15, 0.2) is 48.8 Å². The maximum absolute atomic E-state index is 13.5. The molecule has 0 spiro atoms. The van der Waals surface area contributed by atoms with Crippen LogP contribution in [0, 0.1) is 0 Å². The number of benzene rings is 1. The highest BCUT2D eigenvalue weighted by atomic mass is 32.2. The third-order valence-corrected chi connectivity index (χ3v) is 5.97. The quantitative estimate of drug-likeness (QED) is 0.345. The van der Waals surface area contributed by atoms with Gasteiger partial charge in [-0.05, 0) is 43.3 Å². The van der Waals surface area contributed by atoms with Gasteiger partial charge < -0.3 is 16.0 Å². The maximum Gasteiger partial charge on any atom is 0.421 e. The minimum atomic E-state index is -4.74. The third kappa shape index (κ3) is 6.79. The van der Waals surface area contributed by atoms with Gasteiger partial charge in [0.15, 0.2) is 0 Å². The summed E-state index contributed by atoms with van der Waals surface area (Å²) in [7, 11) is -2.13. The topological polar surface area (TPSA) is 138 Å². The average molecular weight is 510 g/mol. The van der Waals surface area contributed by atoms with E-state index >= 15 is 0 Å². The molecule has 0 aliphatic heterocycles. The minimum Gasteiger partial charge on any atom is -0.364 e. The van der Waals surface area contributed by atoms with Crippen LogP contribution in [-0.4, -0.2) is 42.1 Å². The molecule has 0 radical (unpaired) electrons. The Morgan fingerprint density at radius 2 is 1.80 bits per heavy atom. The van der Waals surface area contributed by atoms with Crippen LogP contribution in [0.25, 0.3) is 0 Å². The summed E-state index contributed by atoms with van der Waals surface area (Å²) in [6.45, 7) is 1.20. The Morgan fingerprint density at radius 1 is 1.09 bits per heavy atom. The zero-order chi connectivity index (χ0) is 25.6. The van der Waals surface area contributed by atoms with Crippen LogP contribution in [0.3, 0.4) is 0 Å². The van der Waals surface area contributed by atoms with E-state index in [1.165, 1.54) is 44.4 Å². The van der Waals surface area contributed by atoms with Crippen molar-refractivity contribution in [1.29, 1.82) is 0 Å². The number of hydrogen-bond acceptors (Lipinski definition) is 8. The smallest absolute Gasteiger partial charge is 0.364 e. The number of anilines is 4. The van der Waals surface area contributed by atoms with E-state index in [1.54, 1.807) is 12.1 Å². The molecule has 186 valence electrons. The standard InChI is InChI=1S/C21H22F3N7O3S/c1-3-35(33,34)31-16-5-4-10-26-17(16)12-27-18-15(21(22,23)24)11-28-20(30-18)29-14-8-6-13(7-9-14)19(32)25-2/h4-11,31H,3,12H2,1-2H3,(H,25,32)(H2,27,28,29,30). The second-order valence-corrected chi connectivity index (χ2v) is 9.10. The van der Waals surface area contributed by atoms with E-state index in [1.807, 2.05) is 0 Å². The molecule has 4 N–H and O–H groups in total. The van der Waals surface area contributed by atoms with Crippen molar-refractivity contribution >= 4 is 39.1 Å². The molecule has 3 rings (SSSR count). The molecule has 0 unspecified atom stereocenters. The fraction of sp³-hybridized carbons (Fsp3) is 0.238. The molecule has 0 saturated heterocycles. The molecule has 2 heterocycles. The van der Waals surface area contributed by atoms with Crippen molar-refractivity contribution in [2.75, 3.05) is 28.2 Å². The van der Waals surface area contributed by atoms with Gasteiger partial charge in [0.25, 0.3) is 5.91 Å². The van der Waals surface area contributed by atoms with Gasteiger partial charge in [-0.3, -0.25) is 14.5 Å². The van der Waals surface area contributed by atoms with Crippen LogP contribution in [0.2, 0.25) is 0 Å². The van der Waals surface area contributed by atoms with Gasteiger partial charge in [-0.1, -0.05) is 0 Å². The van der Waals surface area contributed by atoms with Crippen LogP contribution >= 0.6 is 0 Å². The SMILES string of the molecule is CCS(=O)(=O)Nc1cccnc1CNc1nc(Nc2ccc(C(=O)NC)cc2)ncc1C(F)(F)F. The lowest BCUT2D eigenvalue weighted by Gasteiger charge is -2.16. The summed E-state index contributed by atoms with van der Waals surface area (Å²) in [6, 6.07) is 9.13. The number of rotatable bonds is 9. The number of halogens is 3. The molecule has 35 heavy (non-hydrogen) atoms. The van der Waals surface area contributed by atoms with E-state index in [4.69, 9.17) is 0 Å². The second-order valence-electron chi connectivity index (χ2n) is 7.09. The van der Waals surface area contributed by atoms with Crippen LogP contribution in [0.1, 0.15) is 28.5 Å². The van der Waals surface area contributed by atoms with Crippen molar-refractivity contribution in [3.63, 3.8) is 0 Å². The monoisotopic (exact) mass is 509 g/mol. The number of nitrogens with zero attached hydrogens (tertiary/aromatic N) is 3. The molecule has 10 nitrogen and oxygen atoms in total. The predicted octanol–water partition coefficient (Wildman–Crippen LogP) is 3.37. The van der Waals surface area contributed by atoms with Crippen LogP contribution in [0.4, 0.5) is 36.3 Å². The lowest BCUT2D eigenvalue weighted by atomic mass is 10.2. The molecule has 0 aliphatic carbocycles. The zero-order valence-corrected chi connectivity index (χ0v) is 19.5. The number of sulfonamides is 1. The highest BCUT2D eigenvalue weighted by Crippen LogP contribution is 2.34. The van der Waals surface area contributed by atoms with E-state index in [0.717, 1.165) is 0 Å². The fourth-order valence-electron chi connectivity index (χ4n) is 2.84. The number of amides is 1. The number of nitrogens with one attached hydrogen (secondary N) is 4. The summed E-state index contributed by atoms with van der Waals surface area (Å²) in [5.74, 6) is -1.12. The summed E-state index contributed by atoms with van der Waals surface area (Å²) >= 11 is 0. The van der Waals surface area contributed by atoms with Gasteiger partial charge in [0.1, 0.15) is 11.4 Å². The number of aromatic nitrogens is 3. The molecule has 0 saturated carbocycles. The molecule has 1 aromatic carbocycles. The Morgan fingerprint density at radius 3 is 2.43 bits per heavy atom. The van der Waals surface area contributed by atoms with Crippen molar-refractivity contribution in [2.24, 2.45) is 0 Å². The maximum atomic E-state index is 13.5. The summed E-state index contributed by atoms with van der Waals surface area (Å²) < 4.78 is 66.8. The van der Waals surface area contributed by atoms with Crippen molar-refractivity contribution in [3.05, 3.63) is 65.6 Å². The van der Waals surface area contributed by atoms with Gasteiger partial charge in [0.2, 0.25) is 16.0 Å². The predicted molar refractivity (Wildman–Crippen MR) is 125 cm³/mol. The van der Waals surface area contributed by atoms with Gasteiger partial charge in [-0.25, -0.2) is 13.4 Å². The third-order valence-electron chi connectivity index (χ3n) is 4.68. The minimum absolute atomic E-state index is 0.124. The van der Waals surface area contributed by atoms with Gasteiger partial charge >= 0.3 is 6.18 Å². The molecule has 14 heteroatoms. The Hall–Kier alpha value is -3.94. The molecular weight excluding hydrogens is 487 g/mol. The van der Waals surface area contributed by atoms with E-state index in [9.17, 15) is 26.4 Å². The van der Waals surface area contributed by atoms with Crippen molar-refractivity contribution in [3.8, 4) is 0 Å². The number of pyridine rings is 1. The number of carbonyl (C=O) groups excluding carboxylic acids is 1.